The van der Waals surface area contributed by atoms with Gasteiger partial charge in [0.15, 0.2) is 0 Å². The fraction of sp³-hybridized carbons (Fsp3) is 0.200. The van der Waals surface area contributed by atoms with Gasteiger partial charge in [0, 0.05) is 9.79 Å². The van der Waals surface area contributed by atoms with Crippen LogP contribution in [0.15, 0.2) is 64.4 Å². The second-order valence-corrected chi connectivity index (χ2v) is 5.54. The van der Waals surface area contributed by atoms with Crippen LogP contribution in [0.25, 0.3) is 0 Å². The molecule has 0 nitrogen and oxygen atoms in total. The molecule has 0 aliphatic rings. The Morgan fingerprint density at radius 3 is 2.41 bits per heavy atom. The van der Waals surface area contributed by atoms with Crippen LogP contribution in [0.5, 0.6) is 0 Å². The van der Waals surface area contributed by atoms with E-state index in [0.717, 1.165) is 6.42 Å². The van der Waals surface area contributed by atoms with Crippen molar-refractivity contribution in [1.82, 2.24) is 0 Å². The highest BCUT2D eigenvalue weighted by atomic mass is 35.5. The average Bonchev–Trinajstić information content (AvgIpc) is 2.39. The van der Waals surface area contributed by atoms with Crippen LogP contribution in [0.4, 0.5) is 0 Å². The molecule has 2 aromatic rings. The zero-order chi connectivity index (χ0) is 12.1. The van der Waals surface area contributed by atoms with Crippen molar-refractivity contribution in [2.24, 2.45) is 0 Å². The van der Waals surface area contributed by atoms with Crippen molar-refractivity contribution in [2.75, 3.05) is 0 Å². The Bertz CT molecular complexity index is 467. The van der Waals surface area contributed by atoms with Crippen LogP contribution in [-0.2, 0) is 0 Å². The summed E-state index contributed by atoms with van der Waals surface area (Å²) >= 11 is 8.03. The maximum Gasteiger partial charge on any atom is 0.0583 e. The highest BCUT2D eigenvalue weighted by molar-refractivity contribution is 7.99. The maximum atomic E-state index is 6.26. The average molecular weight is 263 g/mol. The summed E-state index contributed by atoms with van der Waals surface area (Å²) in [5, 5.41) is 0.117. The molecule has 0 aliphatic heterocycles. The van der Waals surface area contributed by atoms with E-state index in [2.05, 4.69) is 55.5 Å². The van der Waals surface area contributed by atoms with E-state index in [1.54, 1.807) is 11.8 Å². The third-order valence-corrected chi connectivity index (χ3v) is 4.12. The zero-order valence-corrected chi connectivity index (χ0v) is 11.3. The molecule has 2 aromatic carbocycles. The van der Waals surface area contributed by atoms with Crippen LogP contribution >= 0.6 is 23.4 Å². The van der Waals surface area contributed by atoms with Gasteiger partial charge in [-0.15, -0.1) is 11.6 Å². The third kappa shape index (κ3) is 3.52. The summed E-state index contributed by atoms with van der Waals surface area (Å²) in [5.41, 5.74) is 1.20. The summed E-state index contributed by atoms with van der Waals surface area (Å²) in [6.07, 6.45) is 0.959. The summed E-state index contributed by atoms with van der Waals surface area (Å²) in [6.45, 7) is 2.11. The first-order chi connectivity index (χ1) is 8.29. The van der Waals surface area contributed by atoms with Crippen LogP contribution in [0, 0.1) is 0 Å². The molecule has 0 amide bonds. The molecule has 0 fully saturated rings. The Morgan fingerprint density at radius 2 is 1.71 bits per heavy atom. The zero-order valence-electron chi connectivity index (χ0n) is 9.77. The van der Waals surface area contributed by atoms with Gasteiger partial charge in [0.2, 0.25) is 0 Å². The van der Waals surface area contributed by atoms with Gasteiger partial charge in [-0.1, -0.05) is 49.0 Å². The Hall–Kier alpha value is -0.920. The molecule has 0 bridgehead atoms. The molecule has 88 valence electrons. The highest BCUT2D eigenvalue weighted by Gasteiger charge is 2.06. The van der Waals surface area contributed by atoms with Crippen molar-refractivity contribution >= 4 is 23.4 Å². The lowest BCUT2D eigenvalue weighted by molar-refractivity contribution is 0.880. The van der Waals surface area contributed by atoms with E-state index in [-0.39, 0.29) is 5.38 Å². The van der Waals surface area contributed by atoms with E-state index in [4.69, 9.17) is 11.6 Å². The maximum absolute atomic E-state index is 6.26. The van der Waals surface area contributed by atoms with Crippen LogP contribution in [-0.4, -0.2) is 0 Å². The van der Waals surface area contributed by atoms with Crippen LogP contribution in [0.2, 0.25) is 0 Å². The Balaban J connectivity index is 2.17. The van der Waals surface area contributed by atoms with Crippen LogP contribution in [0.1, 0.15) is 24.3 Å². The van der Waals surface area contributed by atoms with Gasteiger partial charge in [-0.2, -0.15) is 0 Å². The second-order valence-electron chi connectivity index (χ2n) is 3.86. The molecule has 2 heteroatoms. The second kappa shape index (κ2) is 6.13. The Labute approximate surface area is 112 Å². The van der Waals surface area contributed by atoms with Gasteiger partial charge < -0.3 is 0 Å². The van der Waals surface area contributed by atoms with Crippen molar-refractivity contribution in [3.8, 4) is 0 Å². The first kappa shape index (κ1) is 12.5. The fourth-order valence-electron chi connectivity index (χ4n) is 1.63. The summed E-state index contributed by atoms with van der Waals surface area (Å²) in [4.78, 5) is 2.50. The number of halogens is 1. The van der Waals surface area contributed by atoms with E-state index in [0.29, 0.717) is 0 Å². The van der Waals surface area contributed by atoms with Gasteiger partial charge >= 0.3 is 0 Å². The van der Waals surface area contributed by atoms with Gasteiger partial charge in [0.25, 0.3) is 0 Å². The molecule has 0 aromatic heterocycles. The monoisotopic (exact) mass is 262 g/mol. The molecule has 0 N–H and O–H groups in total. The lowest BCUT2D eigenvalue weighted by Gasteiger charge is -2.08. The fourth-order valence-corrected chi connectivity index (χ4v) is 2.68. The predicted molar refractivity (Wildman–Crippen MR) is 75.9 cm³/mol. The van der Waals surface area contributed by atoms with Gasteiger partial charge in [-0.25, -0.2) is 0 Å². The Kier molecular flexibility index (Phi) is 4.52. The summed E-state index contributed by atoms with van der Waals surface area (Å²) in [5.74, 6) is 0. The summed E-state index contributed by atoms with van der Waals surface area (Å²) in [6, 6.07) is 18.9. The molecule has 1 atom stereocenters. The van der Waals surface area contributed by atoms with Gasteiger partial charge in [0.05, 0.1) is 5.38 Å². The standard InChI is InChI=1S/C15H15ClS/c1-2-15(16)12-7-6-10-14(11-12)17-13-8-4-3-5-9-13/h3-11,15H,2H2,1H3. The van der Waals surface area contributed by atoms with Gasteiger partial charge in [-0.3, -0.25) is 0 Å². The molecule has 1 unspecified atom stereocenters. The lowest BCUT2D eigenvalue weighted by atomic mass is 10.1. The Morgan fingerprint density at radius 1 is 1.00 bits per heavy atom. The third-order valence-electron chi connectivity index (χ3n) is 2.56. The quantitative estimate of drug-likeness (QED) is 0.653. The molecule has 0 heterocycles. The predicted octanol–water partition coefficient (Wildman–Crippen LogP) is 5.53. The van der Waals surface area contributed by atoms with Crippen molar-refractivity contribution in [2.45, 2.75) is 28.5 Å². The number of hydrogen-bond acceptors (Lipinski definition) is 1. The minimum atomic E-state index is 0.117. The molecule has 0 saturated carbocycles. The first-order valence-corrected chi connectivity index (χ1v) is 7.02. The lowest BCUT2D eigenvalue weighted by Crippen LogP contribution is -1.87. The van der Waals surface area contributed by atoms with Crippen molar-refractivity contribution in [3.05, 3.63) is 60.2 Å². The van der Waals surface area contributed by atoms with E-state index in [1.807, 2.05) is 6.07 Å². The van der Waals surface area contributed by atoms with E-state index in [1.165, 1.54) is 15.4 Å². The number of hydrogen-bond donors (Lipinski definition) is 0. The van der Waals surface area contributed by atoms with Crippen LogP contribution in [0.3, 0.4) is 0 Å². The minimum absolute atomic E-state index is 0.117. The van der Waals surface area contributed by atoms with E-state index < -0.39 is 0 Å². The first-order valence-electron chi connectivity index (χ1n) is 5.76. The van der Waals surface area contributed by atoms with E-state index >= 15 is 0 Å². The van der Waals surface area contributed by atoms with Crippen molar-refractivity contribution in [3.63, 3.8) is 0 Å². The summed E-state index contributed by atoms with van der Waals surface area (Å²) in [7, 11) is 0. The number of benzene rings is 2. The molecule has 0 spiro atoms. The van der Waals surface area contributed by atoms with Crippen molar-refractivity contribution < 1.29 is 0 Å². The number of rotatable bonds is 4. The van der Waals surface area contributed by atoms with Gasteiger partial charge in [0.1, 0.15) is 0 Å². The molecule has 17 heavy (non-hydrogen) atoms. The smallest absolute Gasteiger partial charge is 0.0583 e. The largest absolute Gasteiger partial charge is 0.118 e. The topological polar surface area (TPSA) is 0 Å². The summed E-state index contributed by atoms with van der Waals surface area (Å²) < 4.78 is 0. The van der Waals surface area contributed by atoms with E-state index in [9.17, 15) is 0 Å². The highest BCUT2D eigenvalue weighted by Crippen LogP contribution is 2.31. The minimum Gasteiger partial charge on any atom is -0.118 e. The molecular formula is C15H15ClS. The normalized spacial score (nSPS) is 12.4. The molecule has 0 aliphatic carbocycles. The van der Waals surface area contributed by atoms with Gasteiger partial charge in [-0.05, 0) is 36.2 Å². The molecule has 0 saturated heterocycles. The van der Waals surface area contributed by atoms with Crippen molar-refractivity contribution in [1.29, 1.82) is 0 Å². The SMILES string of the molecule is CCC(Cl)c1cccc(Sc2ccccc2)c1. The van der Waals surface area contributed by atoms with Crippen LogP contribution < -0.4 is 0 Å². The molecule has 2 rings (SSSR count). The molecular weight excluding hydrogens is 248 g/mol. The number of alkyl halides is 1. The molecule has 0 radical (unpaired) electrons.